The summed E-state index contributed by atoms with van der Waals surface area (Å²) < 4.78 is 8.92. The maximum absolute atomic E-state index is 13.2. The largest absolute Gasteiger partial charge is 0.484 e. The normalized spacial score (nSPS) is 11.2. The number of carbonyl (C=O) groups is 1. The van der Waals surface area contributed by atoms with Gasteiger partial charge >= 0.3 is 0 Å². The lowest BCUT2D eigenvalue weighted by Gasteiger charge is -2.20. The smallest absolute Gasteiger partial charge is 0.266 e. The van der Waals surface area contributed by atoms with Crippen LogP contribution >= 0.6 is 11.3 Å². The van der Waals surface area contributed by atoms with Crippen LogP contribution in [0.2, 0.25) is 0 Å². The molecule has 0 unspecified atom stereocenters. The SMILES string of the molecule is Cc1cccc2sc(N(CCCn3ccnc3)C(=O)COc3ccc(C(C)C)cc3)nc12. The molecular weight excluding hydrogens is 420 g/mol. The molecule has 2 aromatic heterocycles. The van der Waals surface area contributed by atoms with E-state index in [9.17, 15) is 4.79 Å². The standard InChI is InChI=1S/C25H28N4O2S/c1-18(2)20-8-10-21(11-9-20)31-16-23(30)29(14-5-13-28-15-12-26-17-28)25-27-24-19(3)6-4-7-22(24)32-25/h4,6-12,15,17-18H,5,13-14,16H2,1-3H3. The Morgan fingerprint density at radius 2 is 2.00 bits per heavy atom. The number of thiazole rings is 1. The van der Waals surface area contributed by atoms with E-state index in [2.05, 4.69) is 18.8 Å². The van der Waals surface area contributed by atoms with Crippen molar-refractivity contribution in [1.29, 1.82) is 0 Å². The first kappa shape index (κ1) is 22.0. The number of ether oxygens (including phenoxy) is 1. The highest BCUT2D eigenvalue weighted by molar-refractivity contribution is 7.22. The Bertz CT molecular complexity index is 1170. The molecule has 0 saturated carbocycles. The molecule has 32 heavy (non-hydrogen) atoms. The number of carbonyl (C=O) groups excluding carboxylic acids is 1. The van der Waals surface area contributed by atoms with Gasteiger partial charge in [-0.2, -0.15) is 0 Å². The topological polar surface area (TPSA) is 60.2 Å². The highest BCUT2D eigenvalue weighted by Gasteiger charge is 2.20. The molecule has 7 heteroatoms. The Morgan fingerprint density at radius 3 is 2.69 bits per heavy atom. The summed E-state index contributed by atoms with van der Waals surface area (Å²) in [5.41, 5.74) is 3.30. The third-order valence-electron chi connectivity index (χ3n) is 5.41. The lowest BCUT2D eigenvalue weighted by atomic mass is 10.0. The van der Waals surface area contributed by atoms with E-state index in [-0.39, 0.29) is 12.5 Å². The number of anilines is 1. The molecule has 0 spiro atoms. The first-order valence-corrected chi connectivity index (χ1v) is 11.7. The summed E-state index contributed by atoms with van der Waals surface area (Å²) >= 11 is 1.54. The summed E-state index contributed by atoms with van der Waals surface area (Å²) in [7, 11) is 0. The van der Waals surface area contributed by atoms with Crippen LogP contribution in [-0.4, -0.2) is 33.6 Å². The van der Waals surface area contributed by atoms with Gasteiger partial charge in [-0.3, -0.25) is 9.69 Å². The lowest BCUT2D eigenvalue weighted by Crippen LogP contribution is -2.36. The van der Waals surface area contributed by atoms with Gasteiger partial charge in [-0.25, -0.2) is 9.97 Å². The first-order chi connectivity index (χ1) is 15.5. The third kappa shape index (κ3) is 5.16. The van der Waals surface area contributed by atoms with E-state index in [1.54, 1.807) is 28.8 Å². The number of nitrogens with zero attached hydrogens (tertiary/aromatic N) is 4. The average molecular weight is 449 g/mol. The zero-order valence-electron chi connectivity index (χ0n) is 18.7. The molecule has 0 bridgehead atoms. The van der Waals surface area contributed by atoms with Crippen molar-refractivity contribution in [3.63, 3.8) is 0 Å². The van der Waals surface area contributed by atoms with Crippen LogP contribution in [0.25, 0.3) is 10.2 Å². The Kier molecular flexibility index (Phi) is 6.85. The van der Waals surface area contributed by atoms with E-state index in [1.165, 1.54) is 5.56 Å². The molecule has 4 aromatic rings. The Hall–Kier alpha value is -3.19. The van der Waals surface area contributed by atoms with Gasteiger partial charge in [0.05, 0.1) is 16.5 Å². The van der Waals surface area contributed by atoms with E-state index in [0.29, 0.717) is 23.3 Å². The van der Waals surface area contributed by atoms with E-state index in [4.69, 9.17) is 9.72 Å². The highest BCUT2D eigenvalue weighted by Crippen LogP contribution is 2.31. The molecule has 166 valence electrons. The van der Waals surface area contributed by atoms with Gasteiger partial charge in [0.2, 0.25) is 0 Å². The fourth-order valence-electron chi connectivity index (χ4n) is 3.52. The van der Waals surface area contributed by atoms with E-state index in [0.717, 1.165) is 28.7 Å². The molecule has 1 amide bonds. The van der Waals surface area contributed by atoms with Crippen LogP contribution < -0.4 is 9.64 Å². The van der Waals surface area contributed by atoms with Gasteiger partial charge in [-0.05, 0) is 48.6 Å². The van der Waals surface area contributed by atoms with Gasteiger partial charge in [-0.1, -0.05) is 49.4 Å². The molecule has 0 atom stereocenters. The van der Waals surface area contributed by atoms with Crippen molar-refractivity contribution in [2.75, 3.05) is 18.1 Å². The van der Waals surface area contributed by atoms with Gasteiger partial charge in [0.1, 0.15) is 5.75 Å². The number of rotatable bonds is 9. The van der Waals surface area contributed by atoms with Gasteiger partial charge in [0.25, 0.3) is 5.91 Å². The quantitative estimate of drug-likeness (QED) is 0.343. The van der Waals surface area contributed by atoms with Crippen LogP contribution in [0.1, 0.15) is 37.3 Å². The number of benzene rings is 2. The van der Waals surface area contributed by atoms with E-state index < -0.39 is 0 Å². The fraction of sp³-hybridized carbons (Fsp3) is 0.320. The lowest BCUT2D eigenvalue weighted by molar-refractivity contribution is -0.120. The van der Waals surface area contributed by atoms with Crippen molar-refractivity contribution in [3.05, 3.63) is 72.3 Å². The molecule has 0 aliphatic heterocycles. The Labute approximate surface area is 192 Å². The molecule has 0 fully saturated rings. The number of aromatic nitrogens is 3. The summed E-state index contributed by atoms with van der Waals surface area (Å²) in [6.45, 7) is 7.67. The summed E-state index contributed by atoms with van der Waals surface area (Å²) in [5.74, 6) is 1.06. The number of imidazole rings is 1. The van der Waals surface area contributed by atoms with Crippen molar-refractivity contribution in [1.82, 2.24) is 14.5 Å². The molecule has 2 aromatic carbocycles. The second-order valence-electron chi connectivity index (χ2n) is 8.13. The van der Waals surface area contributed by atoms with Crippen LogP contribution in [-0.2, 0) is 11.3 Å². The van der Waals surface area contributed by atoms with E-state index in [1.807, 2.05) is 60.2 Å². The molecule has 6 nitrogen and oxygen atoms in total. The molecule has 0 N–H and O–H groups in total. The van der Waals surface area contributed by atoms with Crippen molar-refractivity contribution < 1.29 is 9.53 Å². The second kappa shape index (κ2) is 9.96. The summed E-state index contributed by atoms with van der Waals surface area (Å²) in [5, 5.41) is 0.712. The number of hydrogen-bond acceptors (Lipinski definition) is 5. The monoisotopic (exact) mass is 448 g/mol. The molecule has 2 heterocycles. The Balaban J connectivity index is 1.49. The van der Waals surface area contributed by atoms with Crippen molar-refractivity contribution in [3.8, 4) is 5.75 Å². The van der Waals surface area contributed by atoms with Gasteiger partial charge in [0, 0.05) is 25.5 Å². The minimum absolute atomic E-state index is 0.0268. The minimum atomic E-state index is -0.0970. The zero-order valence-corrected chi connectivity index (χ0v) is 19.5. The number of hydrogen-bond donors (Lipinski definition) is 0. The van der Waals surface area contributed by atoms with Crippen molar-refractivity contribution in [2.24, 2.45) is 0 Å². The average Bonchev–Trinajstić information content (AvgIpc) is 3.46. The summed E-state index contributed by atoms with van der Waals surface area (Å²) in [6, 6.07) is 14.0. The molecule has 0 aliphatic rings. The van der Waals surface area contributed by atoms with Gasteiger partial charge in [-0.15, -0.1) is 0 Å². The van der Waals surface area contributed by atoms with Crippen LogP contribution in [0.5, 0.6) is 5.75 Å². The molecular formula is C25H28N4O2S. The predicted octanol–water partition coefficient (Wildman–Crippen LogP) is 5.43. The van der Waals surface area contributed by atoms with Crippen LogP contribution in [0.4, 0.5) is 5.13 Å². The zero-order chi connectivity index (χ0) is 22.5. The third-order valence-corrected chi connectivity index (χ3v) is 6.45. The van der Waals surface area contributed by atoms with Crippen LogP contribution in [0, 0.1) is 6.92 Å². The first-order valence-electron chi connectivity index (χ1n) is 10.9. The van der Waals surface area contributed by atoms with Gasteiger partial charge in [0.15, 0.2) is 11.7 Å². The number of aryl methyl sites for hydroxylation is 2. The summed E-state index contributed by atoms with van der Waals surface area (Å²) in [6.07, 6.45) is 6.27. The molecule has 0 aliphatic carbocycles. The van der Waals surface area contributed by atoms with E-state index >= 15 is 0 Å². The highest BCUT2D eigenvalue weighted by atomic mass is 32.1. The Morgan fingerprint density at radius 1 is 1.19 bits per heavy atom. The molecule has 0 radical (unpaired) electrons. The van der Waals surface area contributed by atoms with Crippen LogP contribution in [0.3, 0.4) is 0 Å². The molecule has 4 rings (SSSR count). The van der Waals surface area contributed by atoms with Crippen LogP contribution in [0.15, 0.2) is 61.2 Å². The maximum atomic E-state index is 13.2. The summed E-state index contributed by atoms with van der Waals surface area (Å²) in [4.78, 5) is 23.8. The van der Waals surface area contributed by atoms with Crippen molar-refractivity contribution >= 4 is 32.6 Å². The number of amides is 1. The second-order valence-corrected chi connectivity index (χ2v) is 9.14. The fourth-order valence-corrected chi connectivity index (χ4v) is 4.61. The minimum Gasteiger partial charge on any atom is -0.484 e. The van der Waals surface area contributed by atoms with Gasteiger partial charge < -0.3 is 9.30 Å². The molecule has 0 saturated heterocycles. The number of fused-ring (bicyclic) bond motifs is 1. The predicted molar refractivity (Wildman–Crippen MR) is 130 cm³/mol. The number of para-hydroxylation sites is 1. The maximum Gasteiger partial charge on any atom is 0.266 e. The van der Waals surface area contributed by atoms with Crippen molar-refractivity contribution in [2.45, 2.75) is 39.7 Å².